The first kappa shape index (κ1) is 18.9. The van der Waals surface area contributed by atoms with E-state index in [0.29, 0.717) is 12.1 Å². The van der Waals surface area contributed by atoms with Gasteiger partial charge in [-0.05, 0) is 39.9 Å². The number of hydrogen-bond donors (Lipinski definition) is 1. The Labute approximate surface area is 121 Å². The minimum atomic E-state index is 0.621. The van der Waals surface area contributed by atoms with Crippen LogP contribution < -0.4 is 5.32 Å². The fourth-order valence-electron chi connectivity index (χ4n) is 2.83. The highest BCUT2D eigenvalue weighted by Gasteiger charge is 2.24. The zero-order valence-corrected chi connectivity index (χ0v) is 14.4. The molecule has 0 aliphatic carbocycles. The predicted octanol–water partition coefficient (Wildman–Crippen LogP) is 2.67. The predicted molar refractivity (Wildman–Crippen MR) is 86.8 cm³/mol. The summed E-state index contributed by atoms with van der Waals surface area (Å²) in [5, 5.41) is 3.54. The third-order valence-electron chi connectivity index (χ3n) is 3.76. The zero-order chi connectivity index (χ0) is 14.8. The van der Waals surface area contributed by atoms with Gasteiger partial charge in [0.05, 0.1) is 0 Å². The van der Waals surface area contributed by atoms with Crippen molar-refractivity contribution in [3.63, 3.8) is 0 Å². The standard InChI is InChI=1S/C16H37N3/c1-8-10-15(17-5)16(9-2)19(13-14(3)4)12-11-18(6)7/h14-17H,8-13H2,1-7H3. The Morgan fingerprint density at radius 1 is 1.05 bits per heavy atom. The molecular formula is C16H37N3. The molecule has 0 fully saturated rings. The summed E-state index contributed by atoms with van der Waals surface area (Å²) in [6.45, 7) is 12.8. The molecule has 0 rings (SSSR count). The van der Waals surface area contributed by atoms with E-state index in [1.165, 1.54) is 32.4 Å². The van der Waals surface area contributed by atoms with Gasteiger partial charge in [0.2, 0.25) is 0 Å². The van der Waals surface area contributed by atoms with Gasteiger partial charge in [-0.3, -0.25) is 4.90 Å². The largest absolute Gasteiger partial charge is 0.315 e. The second-order valence-corrected chi connectivity index (χ2v) is 6.35. The molecular weight excluding hydrogens is 234 g/mol. The first-order chi connectivity index (χ1) is 8.96. The molecule has 0 radical (unpaired) electrons. The Hall–Kier alpha value is -0.120. The van der Waals surface area contributed by atoms with Gasteiger partial charge in [-0.15, -0.1) is 0 Å². The molecule has 0 saturated carbocycles. The lowest BCUT2D eigenvalue weighted by atomic mass is 9.98. The Bertz CT molecular complexity index is 204. The van der Waals surface area contributed by atoms with Crippen LogP contribution in [0, 0.1) is 5.92 Å². The average Bonchev–Trinajstić information content (AvgIpc) is 2.34. The summed E-state index contributed by atoms with van der Waals surface area (Å²) in [6.07, 6.45) is 3.75. The van der Waals surface area contributed by atoms with Crippen LogP contribution in [-0.2, 0) is 0 Å². The van der Waals surface area contributed by atoms with E-state index >= 15 is 0 Å². The van der Waals surface area contributed by atoms with Gasteiger partial charge >= 0.3 is 0 Å². The van der Waals surface area contributed by atoms with Crippen LogP contribution in [0.4, 0.5) is 0 Å². The van der Waals surface area contributed by atoms with Crippen molar-refractivity contribution < 1.29 is 0 Å². The third-order valence-corrected chi connectivity index (χ3v) is 3.76. The molecule has 1 N–H and O–H groups in total. The molecule has 116 valence electrons. The smallest absolute Gasteiger partial charge is 0.0247 e. The van der Waals surface area contributed by atoms with E-state index in [1.807, 2.05) is 0 Å². The second-order valence-electron chi connectivity index (χ2n) is 6.35. The molecule has 3 heteroatoms. The Balaban J connectivity index is 4.72. The fourth-order valence-corrected chi connectivity index (χ4v) is 2.83. The molecule has 0 spiro atoms. The van der Waals surface area contributed by atoms with Crippen molar-refractivity contribution >= 4 is 0 Å². The van der Waals surface area contributed by atoms with Crippen molar-refractivity contribution in [2.45, 2.75) is 59.0 Å². The van der Waals surface area contributed by atoms with Gasteiger partial charge in [0, 0.05) is 31.7 Å². The van der Waals surface area contributed by atoms with Crippen LogP contribution in [-0.4, -0.2) is 62.7 Å². The zero-order valence-electron chi connectivity index (χ0n) is 14.4. The quantitative estimate of drug-likeness (QED) is 0.623. The van der Waals surface area contributed by atoms with Crippen molar-refractivity contribution in [2.75, 3.05) is 40.8 Å². The minimum absolute atomic E-state index is 0.621. The van der Waals surface area contributed by atoms with Crippen LogP contribution in [0.5, 0.6) is 0 Å². The monoisotopic (exact) mass is 271 g/mol. The molecule has 0 aliphatic rings. The average molecular weight is 271 g/mol. The van der Waals surface area contributed by atoms with Gasteiger partial charge in [0.1, 0.15) is 0 Å². The number of nitrogens with zero attached hydrogens (tertiary/aromatic N) is 2. The van der Waals surface area contributed by atoms with E-state index in [1.54, 1.807) is 0 Å². The summed E-state index contributed by atoms with van der Waals surface area (Å²) in [4.78, 5) is 4.98. The Morgan fingerprint density at radius 3 is 2.05 bits per heavy atom. The summed E-state index contributed by atoms with van der Waals surface area (Å²) in [6, 6.07) is 1.28. The van der Waals surface area contributed by atoms with Crippen LogP contribution >= 0.6 is 0 Å². The molecule has 3 nitrogen and oxygen atoms in total. The molecule has 0 heterocycles. The first-order valence-corrected chi connectivity index (χ1v) is 8.02. The summed E-state index contributed by atoms with van der Waals surface area (Å²) in [5.41, 5.74) is 0. The lowest BCUT2D eigenvalue weighted by Gasteiger charge is -2.38. The van der Waals surface area contributed by atoms with Crippen LogP contribution in [0.1, 0.15) is 47.0 Å². The summed E-state index contributed by atoms with van der Waals surface area (Å²) < 4.78 is 0. The van der Waals surface area contributed by atoms with Gasteiger partial charge in [-0.1, -0.05) is 34.1 Å². The maximum absolute atomic E-state index is 3.54. The lowest BCUT2D eigenvalue weighted by Crippen LogP contribution is -2.51. The molecule has 0 aliphatic heterocycles. The Morgan fingerprint density at radius 2 is 1.68 bits per heavy atom. The fraction of sp³-hybridized carbons (Fsp3) is 1.00. The molecule has 0 amide bonds. The molecule has 2 atom stereocenters. The third kappa shape index (κ3) is 7.91. The van der Waals surface area contributed by atoms with Crippen LogP contribution in [0.15, 0.2) is 0 Å². The van der Waals surface area contributed by atoms with E-state index in [0.717, 1.165) is 12.5 Å². The van der Waals surface area contributed by atoms with Crippen molar-refractivity contribution in [2.24, 2.45) is 5.92 Å². The SMILES string of the molecule is CCCC(NC)C(CC)N(CCN(C)C)CC(C)C. The van der Waals surface area contributed by atoms with Gasteiger partial charge < -0.3 is 10.2 Å². The molecule has 0 aromatic rings. The van der Waals surface area contributed by atoms with E-state index in [4.69, 9.17) is 0 Å². The van der Waals surface area contributed by atoms with E-state index < -0.39 is 0 Å². The van der Waals surface area contributed by atoms with Crippen LogP contribution in [0.25, 0.3) is 0 Å². The summed E-state index contributed by atoms with van der Waals surface area (Å²) >= 11 is 0. The molecule has 19 heavy (non-hydrogen) atoms. The normalized spacial score (nSPS) is 15.5. The van der Waals surface area contributed by atoms with Crippen LogP contribution in [0.2, 0.25) is 0 Å². The van der Waals surface area contributed by atoms with Gasteiger partial charge in [0.15, 0.2) is 0 Å². The van der Waals surface area contributed by atoms with Crippen molar-refractivity contribution in [3.8, 4) is 0 Å². The van der Waals surface area contributed by atoms with Crippen LogP contribution in [0.3, 0.4) is 0 Å². The molecule has 0 aromatic heterocycles. The van der Waals surface area contributed by atoms with Crippen molar-refractivity contribution in [1.29, 1.82) is 0 Å². The number of nitrogens with one attached hydrogen (secondary N) is 1. The van der Waals surface area contributed by atoms with Crippen molar-refractivity contribution in [3.05, 3.63) is 0 Å². The van der Waals surface area contributed by atoms with E-state index in [2.05, 4.69) is 64.0 Å². The lowest BCUT2D eigenvalue weighted by molar-refractivity contribution is 0.124. The highest BCUT2D eigenvalue weighted by Crippen LogP contribution is 2.15. The van der Waals surface area contributed by atoms with Gasteiger partial charge in [0.25, 0.3) is 0 Å². The molecule has 0 saturated heterocycles. The van der Waals surface area contributed by atoms with Crippen molar-refractivity contribution in [1.82, 2.24) is 15.1 Å². The highest BCUT2D eigenvalue weighted by molar-refractivity contribution is 4.83. The molecule has 0 bridgehead atoms. The highest BCUT2D eigenvalue weighted by atomic mass is 15.2. The maximum Gasteiger partial charge on any atom is 0.0247 e. The van der Waals surface area contributed by atoms with E-state index in [9.17, 15) is 0 Å². The minimum Gasteiger partial charge on any atom is -0.315 e. The Kier molecular flexibility index (Phi) is 10.6. The second kappa shape index (κ2) is 10.6. The van der Waals surface area contributed by atoms with E-state index in [-0.39, 0.29) is 0 Å². The molecule has 2 unspecified atom stereocenters. The summed E-state index contributed by atoms with van der Waals surface area (Å²) in [5.74, 6) is 0.732. The number of rotatable bonds is 11. The first-order valence-electron chi connectivity index (χ1n) is 8.02. The maximum atomic E-state index is 3.54. The molecule has 0 aromatic carbocycles. The van der Waals surface area contributed by atoms with Gasteiger partial charge in [-0.25, -0.2) is 0 Å². The summed E-state index contributed by atoms with van der Waals surface area (Å²) in [7, 11) is 6.44. The number of hydrogen-bond acceptors (Lipinski definition) is 3. The van der Waals surface area contributed by atoms with Gasteiger partial charge in [-0.2, -0.15) is 0 Å². The topological polar surface area (TPSA) is 18.5 Å². The number of likely N-dealkylation sites (N-methyl/N-ethyl adjacent to an activating group) is 2.